The number of rotatable bonds is 3. The number of halogens is 2. The minimum atomic E-state index is -2.24. The Labute approximate surface area is 197 Å². The number of pyridine rings is 1. The first kappa shape index (κ1) is 21.1. The van der Waals surface area contributed by atoms with E-state index < -0.39 is 34.8 Å². The van der Waals surface area contributed by atoms with Crippen LogP contribution < -0.4 is 4.74 Å². The van der Waals surface area contributed by atoms with E-state index in [1.54, 1.807) is 24.3 Å². The predicted molar refractivity (Wildman–Crippen MR) is 120 cm³/mol. The standard InChI is InChI=1S/C24H17BrClNO5/c1-31-22(29)20-19(13-5-3-2-4-6-13)24(14-7-9-15(25)10-8-14)23(20,30)21(28)18-16(26)11-27-12-17(18)32-24/h2-12,19-20,30H,1H3. The van der Waals surface area contributed by atoms with Crippen molar-refractivity contribution >= 4 is 39.3 Å². The van der Waals surface area contributed by atoms with Crippen molar-refractivity contribution < 1.29 is 24.2 Å². The molecule has 1 N–H and O–H groups in total. The van der Waals surface area contributed by atoms with Crippen molar-refractivity contribution in [1.82, 2.24) is 4.98 Å². The molecule has 5 rings (SSSR count). The summed E-state index contributed by atoms with van der Waals surface area (Å²) in [5, 5.41) is 12.1. The van der Waals surface area contributed by atoms with Crippen molar-refractivity contribution in [3.63, 3.8) is 0 Å². The van der Waals surface area contributed by atoms with Gasteiger partial charge >= 0.3 is 5.97 Å². The van der Waals surface area contributed by atoms with Gasteiger partial charge in [0.25, 0.3) is 0 Å². The second-order valence-electron chi connectivity index (χ2n) is 7.82. The van der Waals surface area contributed by atoms with Gasteiger partial charge in [0.05, 0.1) is 23.9 Å². The van der Waals surface area contributed by atoms with Gasteiger partial charge < -0.3 is 14.6 Å². The molecule has 32 heavy (non-hydrogen) atoms. The summed E-state index contributed by atoms with van der Waals surface area (Å²) in [6.07, 6.45) is 2.70. The molecule has 0 radical (unpaired) electrons. The summed E-state index contributed by atoms with van der Waals surface area (Å²) in [4.78, 5) is 30.8. The maximum absolute atomic E-state index is 13.8. The van der Waals surface area contributed by atoms with Gasteiger partial charge in [-0.2, -0.15) is 0 Å². The number of carbonyl (C=O) groups is 2. The third-order valence-electron chi connectivity index (χ3n) is 6.38. The zero-order chi connectivity index (χ0) is 22.7. The van der Waals surface area contributed by atoms with Gasteiger partial charge in [-0.15, -0.1) is 0 Å². The third kappa shape index (κ3) is 2.59. The monoisotopic (exact) mass is 513 g/mol. The maximum atomic E-state index is 13.8. The highest BCUT2D eigenvalue weighted by molar-refractivity contribution is 9.10. The Morgan fingerprint density at radius 3 is 2.50 bits per heavy atom. The Morgan fingerprint density at radius 2 is 1.84 bits per heavy atom. The number of ether oxygens (including phenoxy) is 2. The lowest BCUT2D eigenvalue weighted by Crippen LogP contribution is -2.80. The third-order valence-corrected chi connectivity index (χ3v) is 7.20. The lowest BCUT2D eigenvalue weighted by Gasteiger charge is -2.65. The minimum absolute atomic E-state index is 0.00248. The van der Waals surface area contributed by atoms with Gasteiger partial charge in [0.1, 0.15) is 5.92 Å². The molecule has 162 valence electrons. The van der Waals surface area contributed by atoms with Crippen LogP contribution in [-0.2, 0) is 15.1 Å². The van der Waals surface area contributed by atoms with Crippen LogP contribution in [-0.4, -0.2) is 34.6 Å². The van der Waals surface area contributed by atoms with Gasteiger partial charge in [-0.3, -0.25) is 14.6 Å². The van der Waals surface area contributed by atoms with E-state index in [4.69, 9.17) is 21.1 Å². The fourth-order valence-corrected chi connectivity index (χ4v) is 5.55. The van der Waals surface area contributed by atoms with Crippen molar-refractivity contribution in [3.05, 3.63) is 93.2 Å². The largest absolute Gasteiger partial charge is 0.476 e. The normalized spacial score (nSPS) is 28.1. The molecule has 1 fully saturated rings. The van der Waals surface area contributed by atoms with E-state index in [0.29, 0.717) is 5.56 Å². The quantitative estimate of drug-likeness (QED) is 0.525. The second-order valence-corrected chi connectivity index (χ2v) is 9.15. The number of aliphatic hydroxyl groups is 1. The molecule has 1 aromatic heterocycles. The van der Waals surface area contributed by atoms with E-state index in [0.717, 1.165) is 10.0 Å². The van der Waals surface area contributed by atoms with E-state index in [9.17, 15) is 14.7 Å². The van der Waals surface area contributed by atoms with Gasteiger partial charge in [0, 0.05) is 16.6 Å². The van der Waals surface area contributed by atoms with Gasteiger partial charge in [0.2, 0.25) is 5.78 Å². The van der Waals surface area contributed by atoms with Crippen LogP contribution in [0.1, 0.15) is 27.4 Å². The summed E-state index contributed by atoms with van der Waals surface area (Å²) in [7, 11) is 1.23. The zero-order valence-corrected chi connectivity index (χ0v) is 19.1. The number of Topliss-reactive ketones (excluding diaryl/α,β-unsaturated/α-hetero) is 1. The van der Waals surface area contributed by atoms with E-state index in [-0.39, 0.29) is 16.3 Å². The number of nitrogens with zero attached hydrogens (tertiary/aromatic N) is 1. The molecule has 0 spiro atoms. The number of fused-ring (bicyclic) bond motifs is 2. The highest BCUT2D eigenvalue weighted by atomic mass is 79.9. The van der Waals surface area contributed by atoms with E-state index in [1.807, 2.05) is 30.3 Å². The first-order valence-corrected chi connectivity index (χ1v) is 11.0. The summed E-state index contributed by atoms with van der Waals surface area (Å²) in [5.41, 5.74) is -2.58. The second kappa shape index (κ2) is 7.40. The Kier molecular flexibility index (Phi) is 4.89. The lowest BCUT2D eigenvalue weighted by molar-refractivity contribution is -0.251. The number of benzene rings is 2. The Bertz CT molecular complexity index is 1230. The van der Waals surface area contributed by atoms with Crippen LogP contribution >= 0.6 is 27.5 Å². The molecule has 2 aromatic carbocycles. The van der Waals surface area contributed by atoms with Crippen molar-refractivity contribution in [3.8, 4) is 5.75 Å². The highest BCUT2D eigenvalue weighted by Gasteiger charge is 2.82. The van der Waals surface area contributed by atoms with E-state index in [1.165, 1.54) is 19.5 Å². The zero-order valence-electron chi connectivity index (χ0n) is 16.8. The summed E-state index contributed by atoms with van der Waals surface area (Å²) < 4.78 is 12.3. The molecule has 3 aromatic rings. The molecule has 0 saturated heterocycles. The molecular formula is C24H17BrClNO5. The average molecular weight is 515 g/mol. The van der Waals surface area contributed by atoms with Gasteiger partial charge in [-0.05, 0) is 23.3 Å². The van der Waals surface area contributed by atoms with Crippen molar-refractivity contribution in [2.75, 3.05) is 7.11 Å². The van der Waals surface area contributed by atoms with E-state index >= 15 is 0 Å². The highest BCUT2D eigenvalue weighted by Crippen LogP contribution is 2.68. The van der Waals surface area contributed by atoms with E-state index in [2.05, 4.69) is 20.9 Å². The SMILES string of the molecule is COC(=O)C1C(c2ccccc2)C2(c3ccc(Br)cc3)Oc3cncc(Cl)c3C(=O)C12O. The minimum Gasteiger partial charge on any atom is -0.476 e. The number of hydrogen-bond donors (Lipinski definition) is 1. The molecule has 6 nitrogen and oxygen atoms in total. The number of ketones is 1. The van der Waals surface area contributed by atoms with Crippen LogP contribution in [0.15, 0.2) is 71.5 Å². The van der Waals surface area contributed by atoms with Gasteiger partial charge in [0.15, 0.2) is 17.0 Å². The number of hydrogen-bond acceptors (Lipinski definition) is 6. The molecule has 4 unspecified atom stereocenters. The Hall–Kier alpha value is -2.74. The number of esters is 1. The molecule has 0 bridgehead atoms. The Balaban J connectivity index is 1.84. The van der Waals surface area contributed by atoms with Crippen LogP contribution in [0.2, 0.25) is 5.02 Å². The van der Waals surface area contributed by atoms with Crippen LogP contribution in [0.4, 0.5) is 0 Å². The van der Waals surface area contributed by atoms with Gasteiger partial charge in [-0.25, -0.2) is 0 Å². The molecule has 0 amide bonds. The average Bonchev–Trinajstić information content (AvgIpc) is 2.80. The fraction of sp³-hybridized carbons (Fsp3) is 0.208. The lowest BCUT2D eigenvalue weighted by atomic mass is 9.44. The molecule has 1 saturated carbocycles. The van der Waals surface area contributed by atoms with Crippen molar-refractivity contribution in [2.24, 2.45) is 5.92 Å². The molecule has 2 heterocycles. The number of aromatic nitrogens is 1. The Morgan fingerprint density at radius 1 is 1.16 bits per heavy atom. The maximum Gasteiger partial charge on any atom is 0.313 e. The first-order valence-electron chi connectivity index (χ1n) is 9.84. The van der Waals surface area contributed by atoms with Crippen LogP contribution in [0, 0.1) is 5.92 Å². The molecule has 1 aliphatic carbocycles. The number of carbonyl (C=O) groups excluding carboxylic acids is 2. The molecular weight excluding hydrogens is 498 g/mol. The summed E-state index contributed by atoms with van der Waals surface area (Å²) in [6, 6.07) is 16.3. The van der Waals surface area contributed by atoms with Crippen LogP contribution in [0.25, 0.3) is 0 Å². The molecule has 4 atom stereocenters. The van der Waals surface area contributed by atoms with Crippen LogP contribution in [0.5, 0.6) is 5.75 Å². The van der Waals surface area contributed by atoms with Gasteiger partial charge in [-0.1, -0.05) is 70.0 Å². The first-order chi connectivity index (χ1) is 15.4. The molecule has 2 aliphatic rings. The molecule has 8 heteroatoms. The smallest absolute Gasteiger partial charge is 0.313 e. The predicted octanol–water partition coefficient (Wildman–Crippen LogP) is 4.29. The summed E-state index contributed by atoms with van der Waals surface area (Å²) >= 11 is 9.68. The van der Waals surface area contributed by atoms with Crippen molar-refractivity contribution in [1.29, 1.82) is 0 Å². The number of methoxy groups -OCH3 is 1. The topological polar surface area (TPSA) is 85.7 Å². The van der Waals surface area contributed by atoms with Crippen LogP contribution in [0.3, 0.4) is 0 Å². The summed E-state index contributed by atoms with van der Waals surface area (Å²) in [5.74, 6) is -3.17. The molecule has 1 aliphatic heterocycles. The fourth-order valence-electron chi connectivity index (χ4n) is 5.06. The summed E-state index contributed by atoms with van der Waals surface area (Å²) in [6.45, 7) is 0. The van der Waals surface area contributed by atoms with Crippen molar-refractivity contribution in [2.45, 2.75) is 17.1 Å².